The van der Waals surface area contributed by atoms with Crippen molar-refractivity contribution >= 4 is 56.4 Å². The van der Waals surface area contributed by atoms with Crippen LogP contribution in [0.4, 0.5) is 11.4 Å². The number of nitrogens with one attached hydrogen (secondary N) is 1. The van der Waals surface area contributed by atoms with Gasteiger partial charge in [0.15, 0.2) is 0 Å². The van der Waals surface area contributed by atoms with Gasteiger partial charge in [0.2, 0.25) is 11.8 Å². The Morgan fingerprint density at radius 2 is 1.60 bits per heavy atom. The van der Waals surface area contributed by atoms with Crippen LogP contribution in [-0.4, -0.2) is 81.5 Å². The summed E-state index contributed by atoms with van der Waals surface area (Å²) in [5, 5.41) is 3.08. The molecule has 0 bridgehead atoms. The van der Waals surface area contributed by atoms with Crippen molar-refractivity contribution in [3.63, 3.8) is 0 Å². The van der Waals surface area contributed by atoms with Crippen LogP contribution in [-0.2, 0) is 30.8 Å². The molecule has 0 spiro atoms. The predicted octanol–water partition coefficient (Wildman–Crippen LogP) is 5.08. The molecule has 2 amide bonds. The van der Waals surface area contributed by atoms with Gasteiger partial charge in [-0.3, -0.25) is 18.8 Å². The highest BCUT2D eigenvalue weighted by molar-refractivity contribution is 7.93. The molecular weight excluding hydrogens is 635 g/mol. The molecule has 3 aliphatic rings. The first-order chi connectivity index (χ1) is 21.7. The molecule has 2 unspecified atom stereocenters. The fourth-order valence-corrected chi connectivity index (χ4v) is 8.69. The molecule has 3 aromatic rings. The molecule has 2 fully saturated rings. The van der Waals surface area contributed by atoms with Crippen molar-refractivity contribution in [2.45, 2.75) is 42.7 Å². The second-order valence-corrected chi connectivity index (χ2v) is 14.4. The highest BCUT2D eigenvalue weighted by Crippen LogP contribution is 2.38. The van der Waals surface area contributed by atoms with Crippen LogP contribution in [0.2, 0.25) is 10.0 Å². The molecule has 1 N–H and O–H groups in total. The van der Waals surface area contributed by atoms with Gasteiger partial charge in [-0.1, -0.05) is 65.7 Å². The minimum absolute atomic E-state index is 0.0747. The molecule has 0 aliphatic carbocycles. The van der Waals surface area contributed by atoms with Gasteiger partial charge in [-0.15, -0.1) is 0 Å². The summed E-state index contributed by atoms with van der Waals surface area (Å²) >= 11 is 12.2. The van der Waals surface area contributed by atoms with Gasteiger partial charge in [-0.05, 0) is 61.1 Å². The number of hydrogen-bond donors (Lipinski definition) is 1. The lowest BCUT2D eigenvalue weighted by atomic mass is 9.84. The molecule has 2 saturated heterocycles. The van der Waals surface area contributed by atoms with Gasteiger partial charge >= 0.3 is 0 Å². The molecule has 3 heterocycles. The Hall–Kier alpha value is -3.15. The van der Waals surface area contributed by atoms with Crippen LogP contribution in [0.25, 0.3) is 0 Å². The largest absolute Gasteiger partial charge is 0.379 e. The van der Waals surface area contributed by atoms with E-state index in [4.69, 9.17) is 27.9 Å². The minimum Gasteiger partial charge on any atom is -0.379 e. The SMILES string of the molecule is O=C1Nc2ccccc2N(S(=O)(=O)c2ccc(Cl)c(Cl)c2)C1CC(=O)N1CCC(C(Cc2ccccc2)N2CCOCC2)CC1. The van der Waals surface area contributed by atoms with Crippen molar-refractivity contribution in [1.29, 1.82) is 0 Å². The molecule has 6 rings (SSSR count). The normalized spacial score (nSPS) is 20.4. The fourth-order valence-electron chi connectivity index (χ4n) is 6.67. The Morgan fingerprint density at radius 3 is 2.31 bits per heavy atom. The highest BCUT2D eigenvalue weighted by atomic mass is 35.5. The Balaban J connectivity index is 1.20. The van der Waals surface area contributed by atoms with Crippen molar-refractivity contribution in [3.8, 4) is 0 Å². The summed E-state index contributed by atoms with van der Waals surface area (Å²) in [4.78, 5) is 31.4. The summed E-state index contributed by atoms with van der Waals surface area (Å²) in [5.74, 6) is -0.423. The number of ether oxygens (including phenoxy) is 1. The molecule has 0 saturated carbocycles. The zero-order valence-electron chi connectivity index (χ0n) is 24.8. The van der Waals surface area contributed by atoms with Crippen LogP contribution < -0.4 is 9.62 Å². The lowest BCUT2D eigenvalue weighted by Crippen LogP contribution is -2.54. The number of likely N-dealkylation sites (tertiary alicyclic amines) is 1. The van der Waals surface area contributed by atoms with Gasteiger partial charge in [0.25, 0.3) is 10.0 Å². The maximum Gasteiger partial charge on any atom is 0.265 e. The average Bonchev–Trinajstić information content (AvgIpc) is 3.06. The quantitative estimate of drug-likeness (QED) is 0.359. The first-order valence-corrected chi connectivity index (χ1v) is 17.4. The number of rotatable bonds is 8. The van der Waals surface area contributed by atoms with E-state index in [1.54, 1.807) is 29.2 Å². The summed E-state index contributed by atoms with van der Waals surface area (Å²) in [6.45, 7) is 4.30. The number of benzene rings is 3. The van der Waals surface area contributed by atoms with Crippen molar-refractivity contribution in [3.05, 3.63) is 88.4 Å². The lowest BCUT2D eigenvalue weighted by molar-refractivity contribution is -0.135. The van der Waals surface area contributed by atoms with Gasteiger partial charge in [-0.2, -0.15) is 0 Å². The summed E-state index contributed by atoms with van der Waals surface area (Å²) in [5.41, 5.74) is 1.93. The van der Waals surface area contributed by atoms with Gasteiger partial charge in [0, 0.05) is 32.2 Å². The van der Waals surface area contributed by atoms with Gasteiger partial charge < -0.3 is 15.0 Å². The number of para-hydroxylation sites is 2. The van der Waals surface area contributed by atoms with E-state index in [9.17, 15) is 18.0 Å². The molecular formula is C33H36Cl2N4O5S. The zero-order chi connectivity index (χ0) is 31.6. The molecule has 0 aromatic heterocycles. The molecule has 9 nitrogen and oxygen atoms in total. The third-order valence-electron chi connectivity index (χ3n) is 9.04. The molecule has 45 heavy (non-hydrogen) atoms. The Bertz CT molecular complexity index is 1640. The number of sulfonamides is 1. The van der Waals surface area contributed by atoms with Gasteiger partial charge in [0.05, 0.1) is 46.0 Å². The summed E-state index contributed by atoms with van der Waals surface area (Å²) < 4.78 is 34.8. The van der Waals surface area contributed by atoms with E-state index < -0.39 is 22.0 Å². The molecule has 238 valence electrons. The Labute approximate surface area is 274 Å². The standard InChI is InChI=1S/C33H36Cl2N4O5S/c34-26-11-10-25(21-27(26)35)45(42,43)39-29-9-5-4-8-28(29)36-33(41)31(39)22-32(40)38-14-12-24(13-15-38)30(37-16-18-44-19-17-37)20-23-6-2-1-3-7-23/h1-11,21,24,30-31H,12-20,22H2,(H,36,41). The van der Waals surface area contributed by atoms with Crippen LogP contribution in [0.5, 0.6) is 0 Å². The minimum atomic E-state index is -4.29. The molecule has 2 atom stereocenters. The molecule has 0 radical (unpaired) electrons. The third kappa shape index (κ3) is 6.85. The predicted molar refractivity (Wildman–Crippen MR) is 175 cm³/mol. The van der Waals surface area contributed by atoms with Crippen LogP contribution in [0.3, 0.4) is 0 Å². The summed E-state index contributed by atoms with van der Waals surface area (Å²) in [6.07, 6.45) is 2.29. The van der Waals surface area contributed by atoms with Crippen LogP contribution in [0.15, 0.2) is 77.7 Å². The van der Waals surface area contributed by atoms with Gasteiger partial charge in [-0.25, -0.2) is 8.42 Å². The smallest absolute Gasteiger partial charge is 0.265 e. The number of nitrogens with zero attached hydrogens (tertiary/aromatic N) is 3. The second kappa shape index (κ2) is 13.7. The van der Waals surface area contributed by atoms with Crippen molar-refractivity contribution in [1.82, 2.24) is 9.80 Å². The lowest BCUT2D eigenvalue weighted by Gasteiger charge is -2.43. The number of halogens is 2. The third-order valence-corrected chi connectivity index (χ3v) is 11.6. The van der Waals surface area contributed by atoms with E-state index in [0.29, 0.717) is 30.7 Å². The topological polar surface area (TPSA) is 99.3 Å². The number of carbonyl (C=O) groups excluding carboxylic acids is 2. The van der Waals surface area contributed by atoms with Crippen molar-refractivity contribution < 1.29 is 22.7 Å². The highest BCUT2D eigenvalue weighted by Gasteiger charge is 2.43. The first-order valence-electron chi connectivity index (χ1n) is 15.3. The van der Waals surface area contributed by atoms with E-state index in [0.717, 1.165) is 49.9 Å². The monoisotopic (exact) mass is 670 g/mol. The van der Waals surface area contributed by atoms with Crippen LogP contribution in [0, 0.1) is 5.92 Å². The van der Waals surface area contributed by atoms with Crippen LogP contribution in [0.1, 0.15) is 24.8 Å². The van der Waals surface area contributed by atoms with E-state index >= 15 is 0 Å². The summed E-state index contributed by atoms with van der Waals surface area (Å²) in [7, 11) is -4.29. The first kappa shape index (κ1) is 31.8. The van der Waals surface area contributed by atoms with E-state index in [2.05, 4.69) is 34.5 Å². The number of carbonyl (C=O) groups is 2. The number of anilines is 2. The van der Waals surface area contributed by atoms with E-state index in [1.165, 1.54) is 23.8 Å². The van der Waals surface area contributed by atoms with Crippen LogP contribution >= 0.6 is 23.2 Å². The number of piperidine rings is 1. The second-order valence-electron chi connectivity index (χ2n) is 11.7. The maximum absolute atomic E-state index is 14.1. The fraction of sp³-hybridized carbons (Fsp3) is 0.394. The number of amides is 2. The number of morpholine rings is 1. The Morgan fingerprint density at radius 1 is 0.911 bits per heavy atom. The summed E-state index contributed by atoms with van der Waals surface area (Å²) in [6, 6.07) is 20.2. The molecule has 3 aromatic carbocycles. The van der Waals surface area contributed by atoms with E-state index in [1.807, 2.05) is 6.07 Å². The van der Waals surface area contributed by atoms with Gasteiger partial charge in [0.1, 0.15) is 6.04 Å². The van der Waals surface area contributed by atoms with Crippen molar-refractivity contribution in [2.24, 2.45) is 5.92 Å². The average molecular weight is 672 g/mol. The molecule has 12 heteroatoms. The molecule has 3 aliphatic heterocycles. The maximum atomic E-state index is 14.1. The van der Waals surface area contributed by atoms with Crippen molar-refractivity contribution in [2.75, 3.05) is 49.0 Å². The zero-order valence-corrected chi connectivity index (χ0v) is 27.1. The van der Waals surface area contributed by atoms with E-state index in [-0.39, 0.29) is 33.0 Å². The number of fused-ring (bicyclic) bond motifs is 1. The Kier molecular flexibility index (Phi) is 9.68. The number of hydrogen-bond acceptors (Lipinski definition) is 6.